The van der Waals surface area contributed by atoms with E-state index in [1.807, 2.05) is 0 Å². The highest BCUT2D eigenvalue weighted by Crippen LogP contribution is 2.41. The van der Waals surface area contributed by atoms with Gasteiger partial charge in [0.1, 0.15) is 6.23 Å². The van der Waals surface area contributed by atoms with Crippen molar-refractivity contribution < 1.29 is 23.1 Å². The van der Waals surface area contributed by atoms with E-state index in [1.54, 1.807) is 0 Å². The summed E-state index contributed by atoms with van der Waals surface area (Å²) < 4.78 is 38.8. The predicted molar refractivity (Wildman–Crippen MR) is 74.0 cm³/mol. The molecule has 3 rings (SSSR count). The molecule has 1 saturated carbocycles. The van der Waals surface area contributed by atoms with Crippen LogP contribution in [0.25, 0.3) is 0 Å². The number of fused-ring (bicyclic) bond motifs is 1. The second-order valence-electron chi connectivity index (χ2n) is 5.89. The number of halogens is 3. The Labute approximate surface area is 125 Å². The summed E-state index contributed by atoms with van der Waals surface area (Å²) >= 11 is 0. The van der Waals surface area contributed by atoms with E-state index in [9.17, 15) is 23.1 Å². The molecule has 2 N–H and O–H groups in total. The second kappa shape index (κ2) is 5.46. The number of urea groups is 1. The maximum atomic E-state index is 12.9. The zero-order chi connectivity index (χ0) is 15.9. The molecular formula is C15H17F3N2O2. The van der Waals surface area contributed by atoms with Gasteiger partial charge in [-0.05, 0) is 30.9 Å². The normalized spacial score (nSPS) is 27.8. The molecule has 3 atom stereocenters. The molecule has 1 aliphatic carbocycles. The average molecular weight is 314 g/mol. The molecule has 7 heteroatoms. The number of carbonyl (C=O) groups is 1. The molecule has 0 bridgehead atoms. The third-order valence-corrected chi connectivity index (χ3v) is 4.59. The molecule has 0 radical (unpaired) electrons. The number of nitrogens with one attached hydrogen (secondary N) is 1. The Morgan fingerprint density at radius 3 is 2.68 bits per heavy atom. The summed E-state index contributed by atoms with van der Waals surface area (Å²) in [5, 5.41) is 12.5. The van der Waals surface area contributed by atoms with Crippen LogP contribution in [0.4, 0.5) is 23.7 Å². The number of alkyl halides is 3. The lowest BCUT2D eigenvalue weighted by Gasteiger charge is -2.24. The van der Waals surface area contributed by atoms with Crippen molar-refractivity contribution in [3.05, 3.63) is 29.8 Å². The van der Waals surface area contributed by atoms with Crippen LogP contribution in [0.1, 0.15) is 24.8 Å². The van der Waals surface area contributed by atoms with Gasteiger partial charge < -0.3 is 10.4 Å². The van der Waals surface area contributed by atoms with Crippen molar-refractivity contribution >= 4 is 11.7 Å². The molecule has 2 aliphatic rings. The molecule has 3 unspecified atom stereocenters. The molecule has 1 aromatic carbocycles. The van der Waals surface area contributed by atoms with Gasteiger partial charge in [-0.2, -0.15) is 13.2 Å². The van der Waals surface area contributed by atoms with Crippen LogP contribution in [0.15, 0.2) is 24.3 Å². The monoisotopic (exact) mass is 314 g/mol. The van der Waals surface area contributed by atoms with E-state index in [2.05, 4.69) is 5.32 Å². The van der Waals surface area contributed by atoms with E-state index in [1.165, 1.54) is 23.1 Å². The van der Waals surface area contributed by atoms with Gasteiger partial charge in [0.15, 0.2) is 0 Å². The van der Waals surface area contributed by atoms with Crippen molar-refractivity contribution in [2.45, 2.75) is 31.7 Å². The maximum absolute atomic E-state index is 12.9. The number of amides is 2. The summed E-state index contributed by atoms with van der Waals surface area (Å²) in [6, 6.07) is 4.15. The third-order valence-electron chi connectivity index (χ3n) is 4.59. The van der Waals surface area contributed by atoms with Crippen LogP contribution < -0.4 is 5.32 Å². The number of anilines is 1. The molecule has 1 saturated heterocycles. The Balaban J connectivity index is 1.76. The van der Waals surface area contributed by atoms with E-state index < -0.39 is 24.0 Å². The van der Waals surface area contributed by atoms with Crippen LogP contribution in [0.5, 0.6) is 0 Å². The number of aliphatic hydroxyl groups is 1. The lowest BCUT2D eigenvalue weighted by Crippen LogP contribution is -2.40. The molecular weight excluding hydrogens is 297 g/mol. The SMILES string of the molecule is O=C(Nc1ccccc1C(F)(F)F)N1CC2CCCC2C1O. The van der Waals surface area contributed by atoms with Gasteiger partial charge in [-0.3, -0.25) is 4.90 Å². The fraction of sp³-hybridized carbons (Fsp3) is 0.533. The van der Waals surface area contributed by atoms with Crippen molar-refractivity contribution in [2.24, 2.45) is 11.8 Å². The lowest BCUT2D eigenvalue weighted by molar-refractivity contribution is -0.136. The Bertz CT molecular complexity index is 576. The highest BCUT2D eigenvalue weighted by Gasteiger charge is 2.45. The third kappa shape index (κ3) is 2.65. The average Bonchev–Trinajstić information content (AvgIpc) is 3.01. The van der Waals surface area contributed by atoms with Crippen LogP contribution in [-0.4, -0.2) is 28.8 Å². The molecule has 0 spiro atoms. The van der Waals surface area contributed by atoms with Gasteiger partial charge in [0.25, 0.3) is 0 Å². The summed E-state index contributed by atoms with van der Waals surface area (Å²) in [5.74, 6) is 0.294. The van der Waals surface area contributed by atoms with E-state index in [-0.39, 0.29) is 17.5 Å². The highest BCUT2D eigenvalue weighted by atomic mass is 19.4. The van der Waals surface area contributed by atoms with Crippen LogP contribution in [-0.2, 0) is 6.18 Å². The van der Waals surface area contributed by atoms with Gasteiger partial charge in [0.05, 0.1) is 11.3 Å². The zero-order valence-corrected chi connectivity index (χ0v) is 11.8. The topological polar surface area (TPSA) is 52.6 Å². The van der Waals surface area contributed by atoms with Crippen molar-refractivity contribution in [2.75, 3.05) is 11.9 Å². The molecule has 0 aromatic heterocycles. The summed E-state index contributed by atoms with van der Waals surface area (Å²) in [7, 11) is 0. The van der Waals surface area contributed by atoms with Crippen molar-refractivity contribution in [1.82, 2.24) is 4.90 Å². The first-order valence-corrected chi connectivity index (χ1v) is 7.30. The first-order valence-electron chi connectivity index (χ1n) is 7.30. The minimum atomic E-state index is -4.54. The van der Waals surface area contributed by atoms with Gasteiger partial charge >= 0.3 is 12.2 Å². The number of benzene rings is 1. The molecule has 1 aromatic rings. The molecule has 4 nitrogen and oxygen atoms in total. The molecule has 1 aliphatic heterocycles. The van der Waals surface area contributed by atoms with E-state index in [4.69, 9.17) is 0 Å². The predicted octanol–water partition coefficient (Wildman–Crippen LogP) is 3.29. The summed E-state index contributed by atoms with van der Waals surface area (Å²) in [4.78, 5) is 13.5. The van der Waals surface area contributed by atoms with Crippen LogP contribution in [0.3, 0.4) is 0 Å². The fourth-order valence-corrected chi connectivity index (χ4v) is 3.51. The van der Waals surface area contributed by atoms with E-state index >= 15 is 0 Å². The number of hydrogen-bond acceptors (Lipinski definition) is 2. The second-order valence-corrected chi connectivity index (χ2v) is 5.89. The molecule has 2 fully saturated rings. The van der Waals surface area contributed by atoms with Gasteiger partial charge in [-0.1, -0.05) is 18.6 Å². The van der Waals surface area contributed by atoms with Crippen LogP contribution >= 0.6 is 0 Å². The summed E-state index contributed by atoms with van der Waals surface area (Å²) in [6.07, 6.45) is -2.62. The first-order chi connectivity index (χ1) is 10.4. The number of carbonyl (C=O) groups excluding carboxylic acids is 1. The summed E-state index contributed by atoms with van der Waals surface area (Å²) in [5.41, 5.74) is -1.18. The largest absolute Gasteiger partial charge is 0.418 e. The Hall–Kier alpha value is -1.76. The standard InChI is InChI=1S/C15H17F3N2O2/c16-15(17,18)11-6-1-2-7-12(11)19-14(22)20-8-9-4-3-5-10(9)13(20)21/h1-2,6-7,9-10,13,21H,3-5,8H2,(H,19,22). The van der Waals surface area contributed by atoms with Crippen molar-refractivity contribution in [3.8, 4) is 0 Å². The summed E-state index contributed by atoms with van der Waals surface area (Å²) in [6.45, 7) is 0.395. The smallest absolute Gasteiger partial charge is 0.373 e. The minimum absolute atomic E-state index is 0.0450. The number of para-hydroxylation sites is 1. The number of likely N-dealkylation sites (tertiary alicyclic amines) is 1. The van der Waals surface area contributed by atoms with Gasteiger partial charge in [0.2, 0.25) is 0 Å². The molecule has 22 heavy (non-hydrogen) atoms. The minimum Gasteiger partial charge on any atom is -0.373 e. The fourth-order valence-electron chi connectivity index (χ4n) is 3.51. The van der Waals surface area contributed by atoms with Gasteiger partial charge in [-0.25, -0.2) is 4.79 Å². The van der Waals surface area contributed by atoms with Crippen molar-refractivity contribution in [1.29, 1.82) is 0 Å². The molecule has 1 heterocycles. The van der Waals surface area contributed by atoms with Crippen molar-refractivity contribution in [3.63, 3.8) is 0 Å². The first kappa shape index (κ1) is 15.1. The number of hydrogen-bond donors (Lipinski definition) is 2. The Morgan fingerprint density at radius 1 is 1.27 bits per heavy atom. The number of aliphatic hydroxyl groups excluding tert-OH is 1. The number of nitrogens with zero attached hydrogens (tertiary/aromatic N) is 1. The Kier molecular flexibility index (Phi) is 3.76. The van der Waals surface area contributed by atoms with Crippen LogP contribution in [0.2, 0.25) is 0 Å². The van der Waals surface area contributed by atoms with Gasteiger partial charge in [-0.15, -0.1) is 0 Å². The van der Waals surface area contributed by atoms with E-state index in [0.29, 0.717) is 6.54 Å². The lowest BCUT2D eigenvalue weighted by atomic mass is 10.00. The van der Waals surface area contributed by atoms with E-state index in [0.717, 1.165) is 25.3 Å². The maximum Gasteiger partial charge on any atom is 0.418 e. The molecule has 2 amide bonds. The number of rotatable bonds is 1. The van der Waals surface area contributed by atoms with Gasteiger partial charge in [0, 0.05) is 12.5 Å². The highest BCUT2D eigenvalue weighted by molar-refractivity contribution is 5.90. The van der Waals surface area contributed by atoms with Crippen LogP contribution in [0, 0.1) is 11.8 Å². The molecule has 120 valence electrons. The zero-order valence-electron chi connectivity index (χ0n) is 11.8. The quantitative estimate of drug-likeness (QED) is 0.836. The Morgan fingerprint density at radius 2 is 2.00 bits per heavy atom.